The molecule has 19 heavy (non-hydrogen) atoms. The van der Waals surface area contributed by atoms with Crippen LogP contribution in [0.2, 0.25) is 0 Å². The molecule has 0 fully saturated rings. The summed E-state index contributed by atoms with van der Waals surface area (Å²) in [5.74, 6) is -9.49. The van der Waals surface area contributed by atoms with Crippen molar-refractivity contribution in [1.29, 1.82) is 0 Å². The smallest absolute Gasteiger partial charge is 0.200 e. The maximum atomic E-state index is 13.4. The van der Waals surface area contributed by atoms with E-state index in [0.717, 1.165) is 18.9 Å². The molecule has 1 aromatic carbocycles. The molecule has 0 saturated carbocycles. The van der Waals surface area contributed by atoms with E-state index in [1.54, 1.807) is 0 Å². The molecule has 1 aliphatic carbocycles. The molecule has 0 nitrogen and oxygen atoms in total. The van der Waals surface area contributed by atoms with E-state index in [-0.39, 0.29) is 5.92 Å². The first kappa shape index (κ1) is 13.8. The Kier molecular flexibility index (Phi) is 4.02. The van der Waals surface area contributed by atoms with Crippen LogP contribution in [-0.4, -0.2) is 0 Å². The summed E-state index contributed by atoms with van der Waals surface area (Å²) in [6, 6.07) is 0. The number of halogens is 5. The molecule has 0 aliphatic heterocycles. The number of hydrogen-bond acceptors (Lipinski definition) is 0. The van der Waals surface area contributed by atoms with Crippen LogP contribution in [0.3, 0.4) is 0 Å². The Morgan fingerprint density at radius 1 is 0.842 bits per heavy atom. The van der Waals surface area contributed by atoms with E-state index in [9.17, 15) is 22.0 Å². The summed E-state index contributed by atoms with van der Waals surface area (Å²) >= 11 is 0. The second-order valence-corrected chi connectivity index (χ2v) is 4.39. The summed E-state index contributed by atoms with van der Waals surface area (Å²) in [5, 5.41) is 0. The Hall–Kier alpha value is -1.65. The second kappa shape index (κ2) is 5.55. The van der Waals surface area contributed by atoms with Crippen molar-refractivity contribution in [2.45, 2.75) is 19.3 Å². The summed E-state index contributed by atoms with van der Waals surface area (Å²) in [4.78, 5) is 0. The number of rotatable bonds is 2. The molecule has 1 aromatic rings. The van der Waals surface area contributed by atoms with Crippen LogP contribution >= 0.6 is 0 Å². The normalized spacial score (nSPS) is 19.3. The highest BCUT2D eigenvalue weighted by Crippen LogP contribution is 2.26. The third kappa shape index (κ3) is 2.69. The fraction of sp³-hybridized carbons (Fsp3) is 0.286. The van der Waals surface area contributed by atoms with Crippen LogP contribution in [-0.2, 0) is 0 Å². The molecule has 1 atom stereocenters. The Morgan fingerprint density at radius 2 is 1.42 bits per heavy atom. The summed E-state index contributed by atoms with van der Waals surface area (Å²) in [6.45, 7) is 0. The van der Waals surface area contributed by atoms with Gasteiger partial charge in [-0.1, -0.05) is 24.3 Å². The van der Waals surface area contributed by atoms with Gasteiger partial charge in [-0.05, 0) is 25.2 Å². The zero-order chi connectivity index (χ0) is 14.0. The first-order valence-electron chi connectivity index (χ1n) is 5.87. The molecule has 5 heteroatoms. The highest BCUT2D eigenvalue weighted by Gasteiger charge is 2.24. The van der Waals surface area contributed by atoms with Gasteiger partial charge in [-0.25, -0.2) is 22.0 Å². The number of hydrogen-bond donors (Lipinski definition) is 0. The van der Waals surface area contributed by atoms with E-state index < -0.39 is 34.6 Å². The first-order chi connectivity index (χ1) is 9.02. The van der Waals surface area contributed by atoms with E-state index >= 15 is 0 Å². The van der Waals surface area contributed by atoms with Crippen LogP contribution in [0.4, 0.5) is 22.0 Å². The van der Waals surface area contributed by atoms with Gasteiger partial charge in [-0.3, -0.25) is 0 Å². The van der Waals surface area contributed by atoms with Gasteiger partial charge in [0.25, 0.3) is 0 Å². The number of allylic oxidation sites excluding steroid dienone is 3. The van der Waals surface area contributed by atoms with Crippen molar-refractivity contribution in [1.82, 2.24) is 0 Å². The van der Waals surface area contributed by atoms with Crippen molar-refractivity contribution in [3.8, 4) is 0 Å². The highest BCUT2D eigenvalue weighted by atomic mass is 19.2. The van der Waals surface area contributed by atoms with Crippen molar-refractivity contribution >= 4 is 6.08 Å². The molecule has 0 radical (unpaired) electrons. The zero-order valence-corrected chi connectivity index (χ0v) is 9.90. The standard InChI is InChI=1S/C14H11F5/c15-10-9(7-6-8-4-2-1-3-5-8)11(16)13(18)14(19)12(10)17/h1-2,6-8H,3-5H2/b7-6+. The van der Waals surface area contributed by atoms with E-state index in [0.29, 0.717) is 6.42 Å². The lowest BCUT2D eigenvalue weighted by Gasteiger charge is -2.13. The molecule has 1 unspecified atom stereocenters. The van der Waals surface area contributed by atoms with E-state index in [2.05, 4.69) is 0 Å². The lowest BCUT2D eigenvalue weighted by Crippen LogP contribution is -2.04. The van der Waals surface area contributed by atoms with E-state index in [1.165, 1.54) is 6.08 Å². The third-order valence-corrected chi connectivity index (χ3v) is 3.09. The van der Waals surface area contributed by atoms with Crippen molar-refractivity contribution in [2.24, 2.45) is 5.92 Å². The van der Waals surface area contributed by atoms with Crippen LogP contribution in [0.1, 0.15) is 24.8 Å². The molecule has 0 heterocycles. The minimum atomic E-state index is -2.13. The molecule has 102 valence electrons. The van der Waals surface area contributed by atoms with Crippen LogP contribution in [0, 0.1) is 35.0 Å². The largest absolute Gasteiger partial charge is 0.203 e. The summed E-state index contributed by atoms with van der Waals surface area (Å²) in [7, 11) is 0. The second-order valence-electron chi connectivity index (χ2n) is 4.39. The molecule has 2 rings (SSSR count). The van der Waals surface area contributed by atoms with Crippen molar-refractivity contribution in [2.75, 3.05) is 0 Å². The molecule has 0 bridgehead atoms. The Bertz CT molecular complexity index is 516. The summed E-state index contributed by atoms with van der Waals surface area (Å²) < 4.78 is 65.5. The fourth-order valence-corrected chi connectivity index (χ4v) is 1.99. The van der Waals surface area contributed by atoms with Crippen molar-refractivity contribution < 1.29 is 22.0 Å². The molecular weight excluding hydrogens is 263 g/mol. The average Bonchev–Trinajstić information content (AvgIpc) is 2.44. The zero-order valence-electron chi connectivity index (χ0n) is 9.90. The Morgan fingerprint density at radius 3 is 1.95 bits per heavy atom. The van der Waals surface area contributed by atoms with Gasteiger partial charge in [0.1, 0.15) is 0 Å². The summed E-state index contributed by atoms with van der Waals surface area (Å²) in [6.07, 6.45) is 8.71. The SMILES string of the molecule is Fc1c(F)c(F)c(/C=C/C2CC=CCC2)c(F)c1F. The Labute approximate surface area is 107 Å². The average molecular weight is 274 g/mol. The van der Waals surface area contributed by atoms with Gasteiger partial charge in [-0.15, -0.1) is 0 Å². The lowest BCUT2D eigenvalue weighted by atomic mass is 9.93. The van der Waals surface area contributed by atoms with Crippen LogP contribution < -0.4 is 0 Å². The highest BCUT2D eigenvalue weighted by molar-refractivity contribution is 5.52. The quantitative estimate of drug-likeness (QED) is 0.316. The van der Waals surface area contributed by atoms with Crippen molar-refractivity contribution in [3.05, 3.63) is 52.9 Å². The van der Waals surface area contributed by atoms with Crippen LogP contribution in [0.15, 0.2) is 18.2 Å². The van der Waals surface area contributed by atoms with Gasteiger partial charge >= 0.3 is 0 Å². The van der Waals surface area contributed by atoms with Crippen LogP contribution in [0.5, 0.6) is 0 Å². The monoisotopic (exact) mass is 274 g/mol. The minimum Gasteiger partial charge on any atom is -0.203 e. The van der Waals surface area contributed by atoms with Crippen LogP contribution in [0.25, 0.3) is 6.08 Å². The van der Waals surface area contributed by atoms with Gasteiger partial charge in [0.05, 0.1) is 5.56 Å². The van der Waals surface area contributed by atoms with Gasteiger partial charge in [0, 0.05) is 0 Å². The summed E-state index contributed by atoms with van der Waals surface area (Å²) in [5.41, 5.74) is -0.883. The van der Waals surface area contributed by atoms with E-state index in [4.69, 9.17) is 0 Å². The van der Waals surface area contributed by atoms with Gasteiger partial charge in [0.2, 0.25) is 5.82 Å². The molecule has 0 aromatic heterocycles. The van der Waals surface area contributed by atoms with Crippen molar-refractivity contribution in [3.63, 3.8) is 0 Å². The lowest BCUT2D eigenvalue weighted by molar-refractivity contribution is 0.377. The number of benzene rings is 1. The van der Waals surface area contributed by atoms with Gasteiger partial charge in [-0.2, -0.15) is 0 Å². The molecule has 0 saturated heterocycles. The third-order valence-electron chi connectivity index (χ3n) is 3.09. The van der Waals surface area contributed by atoms with Gasteiger partial charge in [0.15, 0.2) is 23.3 Å². The Balaban J connectivity index is 2.34. The minimum absolute atomic E-state index is 0.0555. The topological polar surface area (TPSA) is 0 Å². The fourth-order valence-electron chi connectivity index (χ4n) is 1.99. The maximum Gasteiger partial charge on any atom is 0.200 e. The van der Waals surface area contributed by atoms with E-state index in [1.807, 2.05) is 12.2 Å². The molecule has 0 amide bonds. The molecule has 1 aliphatic rings. The van der Waals surface area contributed by atoms with Gasteiger partial charge < -0.3 is 0 Å². The maximum absolute atomic E-state index is 13.4. The molecule has 0 spiro atoms. The predicted molar refractivity (Wildman–Crippen MR) is 61.7 cm³/mol. The predicted octanol–water partition coefficient (Wildman–Crippen LogP) is 4.75. The molecule has 0 N–H and O–H groups in total. The molecular formula is C14H11F5. The first-order valence-corrected chi connectivity index (χ1v) is 5.87.